The van der Waals surface area contributed by atoms with Crippen LogP contribution in [0.25, 0.3) is 0 Å². The number of unbranched alkanes of at least 4 members (excludes halogenated alkanes) is 3. The fraction of sp³-hybridized carbons (Fsp3) is 0.733. The van der Waals surface area contributed by atoms with Gasteiger partial charge < -0.3 is 10.4 Å². The van der Waals surface area contributed by atoms with E-state index in [2.05, 4.69) is 36.1 Å². The van der Waals surface area contributed by atoms with Gasteiger partial charge in [0.05, 0.1) is 0 Å². The van der Waals surface area contributed by atoms with Crippen LogP contribution >= 0.6 is 11.6 Å². The molecule has 0 aliphatic rings. The van der Waals surface area contributed by atoms with Gasteiger partial charge in [-0.05, 0) is 19.8 Å². The topological polar surface area (TPSA) is 58.0 Å². The van der Waals surface area contributed by atoms with Gasteiger partial charge in [-0.3, -0.25) is 0 Å². The van der Waals surface area contributed by atoms with Crippen molar-refractivity contribution in [3.63, 3.8) is 0 Å². The quantitative estimate of drug-likeness (QED) is 0.595. The van der Waals surface area contributed by atoms with Crippen molar-refractivity contribution < 1.29 is 5.11 Å². The standard InChI is InChI=1S/C15H26ClN3O/c1-11-12(16)18-14(15(2,3)4)19-13(11)17-9-7-5-6-8-10-20/h20H,5-10H2,1-4H3,(H,17,18,19). The molecule has 1 heterocycles. The molecule has 4 nitrogen and oxygen atoms in total. The smallest absolute Gasteiger partial charge is 0.137 e. The van der Waals surface area contributed by atoms with Crippen LogP contribution < -0.4 is 5.32 Å². The van der Waals surface area contributed by atoms with Crippen molar-refractivity contribution in [1.29, 1.82) is 0 Å². The highest BCUT2D eigenvalue weighted by molar-refractivity contribution is 6.30. The summed E-state index contributed by atoms with van der Waals surface area (Å²) in [7, 11) is 0. The first-order chi connectivity index (χ1) is 9.36. The highest BCUT2D eigenvalue weighted by Crippen LogP contribution is 2.26. The van der Waals surface area contributed by atoms with E-state index in [1.54, 1.807) is 0 Å². The van der Waals surface area contributed by atoms with Crippen LogP contribution in [0, 0.1) is 6.92 Å². The van der Waals surface area contributed by atoms with E-state index in [1.165, 1.54) is 0 Å². The summed E-state index contributed by atoms with van der Waals surface area (Å²) < 4.78 is 0. The minimum absolute atomic E-state index is 0.116. The third kappa shape index (κ3) is 5.25. The summed E-state index contributed by atoms with van der Waals surface area (Å²) in [5, 5.41) is 12.6. The molecule has 0 atom stereocenters. The molecule has 114 valence electrons. The zero-order valence-electron chi connectivity index (χ0n) is 13.0. The molecule has 0 amide bonds. The fourth-order valence-corrected chi connectivity index (χ4v) is 1.96. The van der Waals surface area contributed by atoms with E-state index in [1.807, 2.05) is 6.92 Å². The van der Waals surface area contributed by atoms with Gasteiger partial charge in [-0.2, -0.15) is 0 Å². The van der Waals surface area contributed by atoms with E-state index in [9.17, 15) is 0 Å². The second-order valence-electron chi connectivity index (χ2n) is 6.13. The maximum absolute atomic E-state index is 8.73. The highest BCUT2D eigenvalue weighted by Gasteiger charge is 2.20. The van der Waals surface area contributed by atoms with E-state index < -0.39 is 0 Å². The Morgan fingerprint density at radius 3 is 2.35 bits per heavy atom. The molecule has 2 N–H and O–H groups in total. The van der Waals surface area contributed by atoms with Crippen molar-refractivity contribution in [2.45, 2.75) is 58.8 Å². The lowest BCUT2D eigenvalue weighted by atomic mass is 9.95. The van der Waals surface area contributed by atoms with E-state index in [0.29, 0.717) is 5.15 Å². The Bertz CT molecular complexity index is 430. The SMILES string of the molecule is Cc1c(Cl)nc(C(C)(C)C)nc1NCCCCCCO. The summed E-state index contributed by atoms with van der Waals surface area (Å²) in [6.45, 7) is 9.31. The molecule has 0 aliphatic carbocycles. The first-order valence-electron chi connectivity index (χ1n) is 7.25. The van der Waals surface area contributed by atoms with Crippen molar-refractivity contribution in [3.05, 3.63) is 16.5 Å². The molecule has 0 spiro atoms. The number of hydrogen-bond acceptors (Lipinski definition) is 4. The number of aliphatic hydroxyl groups is 1. The van der Waals surface area contributed by atoms with Crippen LogP contribution in [0.15, 0.2) is 0 Å². The third-order valence-corrected chi connectivity index (χ3v) is 3.50. The molecule has 5 heteroatoms. The van der Waals surface area contributed by atoms with Crippen LogP contribution in [-0.4, -0.2) is 28.2 Å². The summed E-state index contributed by atoms with van der Waals surface area (Å²) in [6.07, 6.45) is 4.12. The van der Waals surface area contributed by atoms with Crippen molar-refractivity contribution >= 4 is 17.4 Å². The molecular formula is C15H26ClN3O. The van der Waals surface area contributed by atoms with Crippen LogP contribution in [0.2, 0.25) is 5.15 Å². The first-order valence-corrected chi connectivity index (χ1v) is 7.63. The maximum atomic E-state index is 8.73. The number of anilines is 1. The lowest BCUT2D eigenvalue weighted by Gasteiger charge is -2.19. The van der Waals surface area contributed by atoms with Gasteiger partial charge in [0, 0.05) is 24.1 Å². The molecule has 0 saturated heterocycles. The lowest BCUT2D eigenvalue weighted by Crippen LogP contribution is -2.18. The summed E-state index contributed by atoms with van der Waals surface area (Å²) in [4.78, 5) is 8.95. The van der Waals surface area contributed by atoms with Crippen molar-refractivity contribution in [2.24, 2.45) is 0 Å². The van der Waals surface area contributed by atoms with Gasteiger partial charge in [0.1, 0.15) is 16.8 Å². The Kier molecular flexibility index (Phi) is 6.69. The van der Waals surface area contributed by atoms with Crippen LogP contribution in [0.4, 0.5) is 5.82 Å². The molecule has 0 saturated carbocycles. The first kappa shape index (κ1) is 17.2. The van der Waals surface area contributed by atoms with Crippen molar-refractivity contribution in [1.82, 2.24) is 9.97 Å². The predicted octanol–water partition coefficient (Wildman–Crippen LogP) is 3.70. The van der Waals surface area contributed by atoms with E-state index in [4.69, 9.17) is 16.7 Å². The molecule has 0 bridgehead atoms. The zero-order valence-corrected chi connectivity index (χ0v) is 13.7. The van der Waals surface area contributed by atoms with Gasteiger partial charge in [0.15, 0.2) is 0 Å². The Labute approximate surface area is 127 Å². The molecule has 1 aromatic heterocycles. The Hall–Kier alpha value is -0.870. The second-order valence-corrected chi connectivity index (χ2v) is 6.48. The number of hydrogen-bond donors (Lipinski definition) is 2. The number of halogens is 1. The average Bonchev–Trinajstić information content (AvgIpc) is 2.37. The summed E-state index contributed by atoms with van der Waals surface area (Å²) in [5.41, 5.74) is 0.782. The molecule has 0 aliphatic heterocycles. The van der Waals surface area contributed by atoms with Gasteiger partial charge in [-0.15, -0.1) is 0 Å². The van der Waals surface area contributed by atoms with Crippen LogP contribution in [0.3, 0.4) is 0 Å². The number of nitrogens with zero attached hydrogens (tertiary/aromatic N) is 2. The Morgan fingerprint density at radius 2 is 1.75 bits per heavy atom. The van der Waals surface area contributed by atoms with Crippen molar-refractivity contribution in [3.8, 4) is 0 Å². The molecule has 0 fully saturated rings. The highest BCUT2D eigenvalue weighted by atomic mass is 35.5. The molecular weight excluding hydrogens is 274 g/mol. The molecule has 1 aromatic rings. The summed E-state index contributed by atoms with van der Waals surface area (Å²) in [5.74, 6) is 1.59. The monoisotopic (exact) mass is 299 g/mol. The predicted molar refractivity (Wildman–Crippen MR) is 84.5 cm³/mol. The van der Waals surface area contributed by atoms with Gasteiger partial charge >= 0.3 is 0 Å². The zero-order chi connectivity index (χ0) is 15.2. The maximum Gasteiger partial charge on any atom is 0.137 e. The molecule has 20 heavy (non-hydrogen) atoms. The number of aliphatic hydroxyl groups excluding tert-OH is 1. The normalized spacial score (nSPS) is 11.7. The number of aromatic nitrogens is 2. The van der Waals surface area contributed by atoms with Gasteiger partial charge in [-0.1, -0.05) is 45.2 Å². The number of nitrogens with one attached hydrogen (secondary N) is 1. The van der Waals surface area contributed by atoms with Crippen LogP contribution in [0.5, 0.6) is 0 Å². The van der Waals surface area contributed by atoms with E-state index in [0.717, 1.165) is 49.4 Å². The second kappa shape index (κ2) is 7.79. The molecule has 0 radical (unpaired) electrons. The fourth-order valence-electron chi connectivity index (χ4n) is 1.79. The number of rotatable bonds is 7. The van der Waals surface area contributed by atoms with Crippen LogP contribution in [-0.2, 0) is 5.41 Å². The average molecular weight is 300 g/mol. The summed E-state index contributed by atoms with van der Waals surface area (Å²) >= 11 is 6.19. The minimum Gasteiger partial charge on any atom is -0.396 e. The Morgan fingerprint density at radius 1 is 1.10 bits per heavy atom. The van der Waals surface area contributed by atoms with Gasteiger partial charge in [0.25, 0.3) is 0 Å². The molecule has 0 aromatic carbocycles. The van der Waals surface area contributed by atoms with E-state index in [-0.39, 0.29) is 12.0 Å². The van der Waals surface area contributed by atoms with E-state index >= 15 is 0 Å². The van der Waals surface area contributed by atoms with Crippen LogP contribution in [0.1, 0.15) is 57.8 Å². The molecule has 1 rings (SSSR count). The largest absolute Gasteiger partial charge is 0.396 e. The van der Waals surface area contributed by atoms with Gasteiger partial charge in [-0.25, -0.2) is 9.97 Å². The summed E-state index contributed by atoms with van der Waals surface area (Å²) in [6, 6.07) is 0. The molecule has 0 unspecified atom stereocenters. The minimum atomic E-state index is -0.116. The van der Waals surface area contributed by atoms with Crippen molar-refractivity contribution in [2.75, 3.05) is 18.5 Å². The Balaban J connectivity index is 2.63. The lowest BCUT2D eigenvalue weighted by molar-refractivity contribution is 0.283. The van der Waals surface area contributed by atoms with Gasteiger partial charge in [0.2, 0.25) is 0 Å². The third-order valence-electron chi connectivity index (χ3n) is 3.13.